The van der Waals surface area contributed by atoms with Crippen LogP contribution in [0.2, 0.25) is 6.04 Å². The molecule has 0 atom stereocenters. The Hall–Kier alpha value is 0.0969. The first kappa shape index (κ1) is 17.1. The minimum Gasteiger partial charge on any atom is -0.374 e. The predicted octanol–water partition coefficient (Wildman–Crippen LogP) is 3.86. The molecular weight excluding hydrogens is 232 g/mol. The van der Waals surface area contributed by atoms with Crippen molar-refractivity contribution >= 4 is 8.80 Å². The van der Waals surface area contributed by atoms with E-state index < -0.39 is 8.80 Å². The van der Waals surface area contributed by atoms with Crippen LogP contribution in [0.5, 0.6) is 0 Å². The first-order chi connectivity index (χ1) is 8.17. The standard InChI is InChI=1S/C13H30O3Si/c1-6-13(7-2)11-12-17(14-8-3,15-9-4)16-10-5/h13H,6-12H2,1-5H3. The first-order valence-corrected chi connectivity index (χ1v) is 9.02. The second-order valence-electron chi connectivity index (χ2n) is 4.20. The smallest absolute Gasteiger partial charge is 0.374 e. The Morgan fingerprint density at radius 2 is 1.18 bits per heavy atom. The van der Waals surface area contributed by atoms with Gasteiger partial charge in [-0.3, -0.25) is 0 Å². The van der Waals surface area contributed by atoms with Crippen LogP contribution in [-0.2, 0) is 13.3 Å². The number of rotatable bonds is 11. The van der Waals surface area contributed by atoms with E-state index in [1.807, 2.05) is 20.8 Å². The van der Waals surface area contributed by atoms with Crippen molar-refractivity contribution in [1.29, 1.82) is 0 Å². The molecule has 0 N–H and O–H groups in total. The van der Waals surface area contributed by atoms with Gasteiger partial charge in [-0.25, -0.2) is 0 Å². The molecule has 0 heterocycles. The van der Waals surface area contributed by atoms with E-state index in [1.165, 1.54) is 12.8 Å². The van der Waals surface area contributed by atoms with E-state index in [-0.39, 0.29) is 0 Å². The highest BCUT2D eigenvalue weighted by Crippen LogP contribution is 2.24. The van der Waals surface area contributed by atoms with Gasteiger partial charge < -0.3 is 13.3 Å². The third-order valence-corrected chi connectivity index (χ3v) is 6.19. The molecule has 0 fully saturated rings. The molecule has 0 rings (SSSR count). The van der Waals surface area contributed by atoms with Crippen LogP contribution in [0.25, 0.3) is 0 Å². The predicted molar refractivity (Wildman–Crippen MR) is 74.1 cm³/mol. The van der Waals surface area contributed by atoms with Crippen LogP contribution in [-0.4, -0.2) is 28.6 Å². The molecule has 104 valence electrons. The summed E-state index contributed by atoms with van der Waals surface area (Å²) in [5.74, 6) is 0.767. The van der Waals surface area contributed by atoms with E-state index in [4.69, 9.17) is 13.3 Å². The van der Waals surface area contributed by atoms with Crippen molar-refractivity contribution in [3.63, 3.8) is 0 Å². The quantitative estimate of drug-likeness (QED) is 0.529. The topological polar surface area (TPSA) is 27.7 Å². The van der Waals surface area contributed by atoms with Crippen LogP contribution in [0.4, 0.5) is 0 Å². The van der Waals surface area contributed by atoms with E-state index in [2.05, 4.69) is 13.8 Å². The van der Waals surface area contributed by atoms with Crippen molar-refractivity contribution in [2.24, 2.45) is 5.92 Å². The maximum atomic E-state index is 5.84. The molecule has 0 amide bonds. The van der Waals surface area contributed by atoms with Crippen molar-refractivity contribution in [1.82, 2.24) is 0 Å². The van der Waals surface area contributed by atoms with E-state index in [0.29, 0.717) is 19.8 Å². The lowest BCUT2D eigenvalue weighted by Crippen LogP contribution is -2.46. The van der Waals surface area contributed by atoms with Gasteiger partial charge in [0, 0.05) is 25.9 Å². The summed E-state index contributed by atoms with van der Waals surface area (Å²) >= 11 is 0. The van der Waals surface area contributed by atoms with Gasteiger partial charge in [-0.15, -0.1) is 0 Å². The molecule has 0 aromatic heterocycles. The monoisotopic (exact) mass is 262 g/mol. The molecule has 0 unspecified atom stereocenters. The highest BCUT2D eigenvalue weighted by atomic mass is 28.4. The Bertz CT molecular complexity index is 155. The summed E-state index contributed by atoms with van der Waals surface area (Å²) in [7, 11) is -2.39. The largest absolute Gasteiger partial charge is 0.500 e. The van der Waals surface area contributed by atoms with Crippen LogP contribution in [0.3, 0.4) is 0 Å². The van der Waals surface area contributed by atoms with Crippen LogP contribution in [0.15, 0.2) is 0 Å². The lowest BCUT2D eigenvalue weighted by molar-refractivity contribution is 0.0694. The lowest BCUT2D eigenvalue weighted by atomic mass is 10.0. The van der Waals surface area contributed by atoms with Crippen LogP contribution >= 0.6 is 0 Å². The molecule has 0 aliphatic rings. The average Bonchev–Trinajstić information content (AvgIpc) is 2.31. The van der Waals surface area contributed by atoms with E-state index in [1.54, 1.807) is 0 Å². The Morgan fingerprint density at radius 3 is 1.47 bits per heavy atom. The molecule has 3 nitrogen and oxygen atoms in total. The van der Waals surface area contributed by atoms with Gasteiger partial charge in [-0.2, -0.15) is 0 Å². The van der Waals surface area contributed by atoms with Gasteiger partial charge in [-0.1, -0.05) is 26.7 Å². The van der Waals surface area contributed by atoms with Crippen molar-refractivity contribution in [2.75, 3.05) is 19.8 Å². The third kappa shape index (κ3) is 6.55. The van der Waals surface area contributed by atoms with Crippen LogP contribution in [0, 0.1) is 5.92 Å². The van der Waals surface area contributed by atoms with Gasteiger partial charge >= 0.3 is 8.80 Å². The van der Waals surface area contributed by atoms with Gasteiger partial charge in [0.25, 0.3) is 0 Å². The van der Waals surface area contributed by atoms with Crippen molar-refractivity contribution < 1.29 is 13.3 Å². The third-order valence-electron chi connectivity index (χ3n) is 3.11. The second-order valence-corrected chi connectivity index (χ2v) is 6.94. The van der Waals surface area contributed by atoms with Crippen molar-refractivity contribution in [3.05, 3.63) is 0 Å². The molecule has 0 aliphatic carbocycles. The maximum absolute atomic E-state index is 5.84. The molecule has 17 heavy (non-hydrogen) atoms. The zero-order chi connectivity index (χ0) is 13.1. The van der Waals surface area contributed by atoms with Gasteiger partial charge in [0.05, 0.1) is 0 Å². The number of hydrogen-bond donors (Lipinski definition) is 0. The fraction of sp³-hybridized carbons (Fsp3) is 1.00. The Balaban J connectivity index is 4.41. The molecule has 4 heteroatoms. The van der Waals surface area contributed by atoms with Crippen molar-refractivity contribution in [3.8, 4) is 0 Å². The summed E-state index contributed by atoms with van der Waals surface area (Å²) in [4.78, 5) is 0. The first-order valence-electron chi connectivity index (χ1n) is 7.09. The summed E-state index contributed by atoms with van der Waals surface area (Å²) in [5, 5.41) is 0. The molecule has 0 radical (unpaired) electrons. The zero-order valence-corrected chi connectivity index (χ0v) is 13.3. The molecule has 0 bridgehead atoms. The minimum absolute atomic E-state index is 0.676. The Labute approximate surface area is 108 Å². The lowest BCUT2D eigenvalue weighted by Gasteiger charge is -2.29. The summed E-state index contributed by atoms with van der Waals surface area (Å²) in [5.41, 5.74) is 0. The minimum atomic E-state index is -2.39. The maximum Gasteiger partial charge on any atom is 0.500 e. The zero-order valence-electron chi connectivity index (χ0n) is 12.3. The fourth-order valence-electron chi connectivity index (χ4n) is 2.08. The van der Waals surface area contributed by atoms with Gasteiger partial charge in [0.15, 0.2) is 0 Å². The molecule has 0 aromatic carbocycles. The fourth-order valence-corrected chi connectivity index (χ4v) is 4.84. The van der Waals surface area contributed by atoms with E-state index in [9.17, 15) is 0 Å². The summed E-state index contributed by atoms with van der Waals surface area (Å²) in [6, 6.07) is 0.953. The Kier molecular flexibility index (Phi) is 10.1. The second kappa shape index (κ2) is 10.1. The SMILES string of the molecule is CCO[Si](CCC(CC)CC)(OCC)OCC. The molecule has 0 saturated carbocycles. The van der Waals surface area contributed by atoms with Crippen LogP contribution < -0.4 is 0 Å². The average molecular weight is 262 g/mol. The highest BCUT2D eigenvalue weighted by Gasteiger charge is 2.40. The normalized spacial score (nSPS) is 12.4. The highest BCUT2D eigenvalue weighted by molar-refractivity contribution is 6.60. The molecule has 0 spiro atoms. The molecular formula is C13H30O3Si. The summed E-state index contributed by atoms with van der Waals surface area (Å²) in [6.07, 6.45) is 3.61. The summed E-state index contributed by atoms with van der Waals surface area (Å²) in [6.45, 7) is 12.6. The molecule has 0 saturated heterocycles. The summed E-state index contributed by atoms with van der Waals surface area (Å²) < 4.78 is 17.5. The molecule has 0 aromatic rings. The van der Waals surface area contributed by atoms with Gasteiger partial charge in [0.1, 0.15) is 0 Å². The molecule has 0 aliphatic heterocycles. The van der Waals surface area contributed by atoms with E-state index >= 15 is 0 Å². The Morgan fingerprint density at radius 1 is 0.765 bits per heavy atom. The van der Waals surface area contributed by atoms with Gasteiger partial charge in [-0.05, 0) is 33.1 Å². The van der Waals surface area contributed by atoms with Gasteiger partial charge in [0.2, 0.25) is 0 Å². The van der Waals surface area contributed by atoms with Crippen molar-refractivity contribution in [2.45, 2.75) is 59.9 Å². The van der Waals surface area contributed by atoms with Crippen LogP contribution in [0.1, 0.15) is 53.9 Å². The number of hydrogen-bond acceptors (Lipinski definition) is 3. The van der Waals surface area contributed by atoms with E-state index in [0.717, 1.165) is 18.4 Å².